The largest absolute Gasteiger partial charge is 0.355 e. The minimum absolute atomic E-state index is 0.0511. The van der Waals surface area contributed by atoms with Crippen molar-refractivity contribution in [3.63, 3.8) is 0 Å². The Balaban J connectivity index is 2.01. The van der Waals surface area contributed by atoms with Gasteiger partial charge in [0.15, 0.2) is 0 Å². The Hall–Kier alpha value is -2.24. The minimum atomic E-state index is -0.759. The molecule has 4 nitrogen and oxygen atoms in total. The van der Waals surface area contributed by atoms with Gasteiger partial charge in [-0.1, -0.05) is 88.9 Å². The lowest BCUT2D eigenvalue weighted by Crippen LogP contribution is -2.51. The summed E-state index contributed by atoms with van der Waals surface area (Å²) < 4.78 is 0. The highest BCUT2D eigenvalue weighted by Crippen LogP contribution is 2.27. The van der Waals surface area contributed by atoms with Gasteiger partial charge in [0.25, 0.3) is 0 Å². The average molecular weight is 538 g/mol. The van der Waals surface area contributed by atoms with Crippen molar-refractivity contribution in [1.82, 2.24) is 10.2 Å². The summed E-state index contributed by atoms with van der Waals surface area (Å²) in [5.74, 6) is -0.529. The van der Waals surface area contributed by atoms with Crippen LogP contribution in [0.4, 0.5) is 0 Å². The van der Waals surface area contributed by atoms with Crippen LogP contribution >= 0.6 is 46.4 Å². The average Bonchev–Trinajstić information content (AvgIpc) is 2.81. The van der Waals surface area contributed by atoms with Crippen LogP contribution in [0.15, 0.2) is 66.7 Å². The van der Waals surface area contributed by atoms with Gasteiger partial charge in [-0.25, -0.2) is 0 Å². The molecule has 8 heteroatoms. The molecule has 0 aliphatic rings. The number of rotatable bonds is 9. The van der Waals surface area contributed by atoms with Crippen LogP contribution in [0.25, 0.3) is 0 Å². The van der Waals surface area contributed by atoms with Gasteiger partial charge in [0.1, 0.15) is 6.04 Å². The number of carbonyl (C=O) groups excluding carboxylic acids is 2. The zero-order valence-corrected chi connectivity index (χ0v) is 21.6. The Morgan fingerprint density at radius 2 is 1.50 bits per heavy atom. The summed E-state index contributed by atoms with van der Waals surface area (Å²) >= 11 is 25.0. The third-order valence-electron chi connectivity index (χ3n) is 5.35. The fourth-order valence-corrected chi connectivity index (χ4v) is 4.49. The van der Waals surface area contributed by atoms with E-state index < -0.39 is 6.04 Å². The Morgan fingerprint density at radius 3 is 2.12 bits per heavy atom. The Labute approximate surface area is 219 Å². The molecule has 3 rings (SSSR count). The SMILES string of the molecule is CCNC(=O)[C@@H](Cc1ccccc1)N(Cc1ccc(Cl)c(Cl)c1)C(=O)Cc1c(Cl)cccc1Cl. The van der Waals surface area contributed by atoms with Gasteiger partial charge in [0.2, 0.25) is 11.8 Å². The van der Waals surface area contributed by atoms with Crippen molar-refractivity contribution in [2.24, 2.45) is 0 Å². The number of carbonyl (C=O) groups is 2. The second-order valence-corrected chi connectivity index (χ2v) is 9.38. The van der Waals surface area contributed by atoms with Crippen LogP contribution in [0, 0.1) is 0 Å². The van der Waals surface area contributed by atoms with E-state index in [9.17, 15) is 9.59 Å². The van der Waals surface area contributed by atoms with Crippen molar-refractivity contribution in [3.8, 4) is 0 Å². The molecule has 3 aromatic rings. The molecule has 0 spiro atoms. The van der Waals surface area contributed by atoms with Crippen molar-refractivity contribution >= 4 is 58.2 Å². The van der Waals surface area contributed by atoms with E-state index in [1.807, 2.05) is 37.3 Å². The van der Waals surface area contributed by atoms with Crippen molar-refractivity contribution in [3.05, 3.63) is 104 Å². The number of hydrogen-bond acceptors (Lipinski definition) is 2. The number of benzene rings is 3. The predicted molar refractivity (Wildman–Crippen MR) is 140 cm³/mol. The van der Waals surface area contributed by atoms with E-state index in [1.54, 1.807) is 41.3 Å². The summed E-state index contributed by atoms with van der Waals surface area (Å²) in [6.07, 6.45) is 0.292. The van der Waals surface area contributed by atoms with Crippen LogP contribution in [-0.4, -0.2) is 29.3 Å². The van der Waals surface area contributed by atoms with Gasteiger partial charge in [-0.15, -0.1) is 0 Å². The number of nitrogens with zero attached hydrogens (tertiary/aromatic N) is 1. The molecule has 1 N–H and O–H groups in total. The molecule has 3 aromatic carbocycles. The van der Waals surface area contributed by atoms with Gasteiger partial charge >= 0.3 is 0 Å². The zero-order valence-electron chi connectivity index (χ0n) is 18.5. The Morgan fingerprint density at radius 1 is 0.824 bits per heavy atom. The lowest BCUT2D eigenvalue weighted by atomic mass is 10.0. The van der Waals surface area contributed by atoms with Crippen LogP contribution in [-0.2, 0) is 29.0 Å². The summed E-state index contributed by atoms with van der Waals surface area (Å²) in [5.41, 5.74) is 2.20. The van der Waals surface area contributed by atoms with E-state index in [0.29, 0.717) is 38.6 Å². The van der Waals surface area contributed by atoms with Crippen molar-refractivity contribution < 1.29 is 9.59 Å². The molecule has 0 aromatic heterocycles. The monoisotopic (exact) mass is 536 g/mol. The molecule has 1 atom stereocenters. The van der Waals surface area contributed by atoms with E-state index in [-0.39, 0.29) is 24.8 Å². The molecule has 0 saturated heterocycles. The van der Waals surface area contributed by atoms with Crippen LogP contribution in [0.3, 0.4) is 0 Å². The normalized spacial score (nSPS) is 11.7. The standard InChI is InChI=1S/C26H24Cl4N2O2/c1-2-31-26(34)24(14-17-7-4-3-5-8-17)32(16-18-11-12-22(29)23(30)13-18)25(33)15-19-20(27)9-6-10-21(19)28/h3-13,24H,2,14-16H2,1H3,(H,31,34)/t24-/m1/s1. The van der Waals surface area contributed by atoms with Gasteiger partial charge < -0.3 is 10.2 Å². The molecule has 0 bridgehead atoms. The van der Waals surface area contributed by atoms with Gasteiger partial charge in [-0.2, -0.15) is 0 Å². The van der Waals surface area contributed by atoms with E-state index >= 15 is 0 Å². The van der Waals surface area contributed by atoms with Gasteiger partial charge in [0, 0.05) is 29.6 Å². The molecule has 178 valence electrons. The number of amides is 2. The van der Waals surface area contributed by atoms with Gasteiger partial charge in [0.05, 0.1) is 16.5 Å². The molecular weight excluding hydrogens is 514 g/mol. The summed E-state index contributed by atoms with van der Waals surface area (Å²) in [5, 5.41) is 4.44. The van der Waals surface area contributed by atoms with Gasteiger partial charge in [-0.3, -0.25) is 9.59 Å². The topological polar surface area (TPSA) is 49.4 Å². The molecule has 0 heterocycles. The lowest BCUT2D eigenvalue weighted by Gasteiger charge is -2.32. The number of likely N-dealkylation sites (N-methyl/N-ethyl adjacent to an activating group) is 1. The summed E-state index contributed by atoms with van der Waals surface area (Å²) in [6.45, 7) is 2.44. The highest BCUT2D eigenvalue weighted by Gasteiger charge is 2.31. The molecule has 0 aliphatic carbocycles. The second kappa shape index (κ2) is 12.5. The highest BCUT2D eigenvalue weighted by molar-refractivity contribution is 6.42. The van der Waals surface area contributed by atoms with E-state index in [0.717, 1.165) is 11.1 Å². The predicted octanol–water partition coefficient (Wildman–Crippen LogP) is 6.62. The molecule has 2 amide bonds. The van der Waals surface area contributed by atoms with Crippen LogP contribution in [0.5, 0.6) is 0 Å². The summed E-state index contributed by atoms with van der Waals surface area (Å²) in [7, 11) is 0. The van der Waals surface area contributed by atoms with Crippen LogP contribution in [0.2, 0.25) is 20.1 Å². The third kappa shape index (κ3) is 6.89. The van der Waals surface area contributed by atoms with Crippen molar-refractivity contribution in [1.29, 1.82) is 0 Å². The molecule has 0 unspecified atom stereocenters. The van der Waals surface area contributed by atoms with E-state index in [4.69, 9.17) is 46.4 Å². The number of halogens is 4. The first-order chi connectivity index (χ1) is 16.3. The maximum atomic E-state index is 13.7. The number of hydrogen-bond donors (Lipinski definition) is 1. The minimum Gasteiger partial charge on any atom is -0.355 e. The first-order valence-corrected chi connectivity index (χ1v) is 12.3. The highest BCUT2D eigenvalue weighted by atomic mass is 35.5. The maximum Gasteiger partial charge on any atom is 0.243 e. The maximum absolute atomic E-state index is 13.7. The first kappa shape index (κ1) is 26.4. The fourth-order valence-electron chi connectivity index (χ4n) is 3.63. The number of nitrogens with one attached hydrogen (secondary N) is 1. The molecule has 34 heavy (non-hydrogen) atoms. The summed E-state index contributed by atoms with van der Waals surface area (Å²) in [4.78, 5) is 28.4. The second-order valence-electron chi connectivity index (χ2n) is 7.75. The van der Waals surface area contributed by atoms with Gasteiger partial charge in [-0.05, 0) is 47.9 Å². The molecule has 0 aliphatic heterocycles. The van der Waals surface area contributed by atoms with E-state index in [1.165, 1.54) is 0 Å². The Kier molecular flexibility index (Phi) is 9.66. The van der Waals surface area contributed by atoms with Crippen molar-refractivity contribution in [2.75, 3.05) is 6.54 Å². The van der Waals surface area contributed by atoms with Crippen molar-refractivity contribution in [2.45, 2.75) is 32.4 Å². The molecule has 0 saturated carbocycles. The molecule has 0 fully saturated rings. The molecular formula is C26H24Cl4N2O2. The third-order valence-corrected chi connectivity index (χ3v) is 6.80. The quantitative estimate of drug-likeness (QED) is 0.333. The zero-order chi connectivity index (χ0) is 24.7. The van der Waals surface area contributed by atoms with E-state index in [2.05, 4.69) is 5.32 Å². The Bertz CT molecular complexity index is 1130. The smallest absolute Gasteiger partial charge is 0.243 e. The lowest BCUT2D eigenvalue weighted by molar-refractivity contribution is -0.140. The fraction of sp³-hybridized carbons (Fsp3) is 0.231. The van der Waals surface area contributed by atoms with Crippen LogP contribution in [0.1, 0.15) is 23.6 Å². The molecule has 0 radical (unpaired) electrons. The summed E-state index contributed by atoms with van der Waals surface area (Å²) in [6, 6.07) is 19.1. The van der Waals surface area contributed by atoms with Crippen LogP contribution < -0.4 is 5.32 Å². The first-order valence-electron chi connectivity index (χ1n) is 10.8.